The van der Waals surface area contributed by atoms with Crippen molar-refractivity contribution in [3.05, 3.63) is 0 Å². The number of hydrogen-bond acceptors (Lipinski definition) is 3. The molecule has 80 valence electrons. The Labute approximate surface area is 82.2 Å². The molecule has 4 heteroatoms. The lowest BCUT2D eigenvalue weighted by Crippen LogP contribution is -2.35. The fourth-order valence-electron chi connectivity index (χ4n) is 0.873. The van der Waals surface area contributed by atoms with Crippen LogP contribution < -0.4 is 0 Å². The minimum Gasteiger partial charge on any atom is -0.393 e. The van der Waals surface area contributed by atoms with Gasteiger partial charge in [0.05, 0.1) is 0 Å². The van der Waals surface area contributed by atoms with Gasteiger partial charge in [0.15, 0.2) is 20.9 Å². The van der Waals surface area contributed by atoms with Crippen LogP contribution in [0.5, 0.6) is 0 Å². The van der Waals surface area contributed by atoms with Crippen molar-refractivity contribution < 1.29 is 14.3 Å². The van der Waals surface area contributed by atoms with E-state index in [1.54, 1.807) is 0 Å². The van der Waals surface area contributed by atoms with Crippen molar-refractivity contribution in [2.75, 3.05) is 0 Å². The van der Waals surface area contributed by atoms with E-state index in [1.807, 2.05) is 13.8 Å². The zero-order chi connectivity index (χ0) is 10.5. The molecule has 0 aromatic carbocycles. The molecular formula is C9H22O3Si. The Morgan fingerprint density at radius 3 is 2.00 bits per heavy atom. The number of aliphatic hydroxyl groups is 1. The zero-order valence-corrected chi connectivity index (χ0v) is 10.3. The largest absolute Gasteiger partial charge is 0.393 e. The van der Waals surface area contributed by atoms with Crippen LogP contribution in [0, 0.1) is 0 Å². The first-order chi connectivity index (χ1) is 5.89. The molecule has 0 aliphatic rings. The summed E-state index contributed by atoms with van der Waals surface area (Å²) >= 11 is 0. The van der Waals surface area contributed by atoms with Crippen LogP contribution in [0.3, 0.4) is 0 Å². The van der Waals surface area contributed by atoms with Crippen molar-refractivity contribution in [2.45, 2.75) is 58.9 Å². The lowest BCUT2D eigenvalue weighted by atomic mass is 10.4. The van der Waals surface area contributed by atoms with Gasteiger partial charge in [0.2, 0.25) is 0 Å². The maximum Gasteiger partial charge on any atom is 0.187 e. The molecule has 0 fully saturated rings. The van der Waals surface area contributed by atoms with Gasteiger partial charge in [0, 0.05) is 0 Å². The predicted molar refractivity (Wildman–Crippen MR) is 55.9 cm³/mol. The minimum absolute atomic E-state index is 0.249. The first-order valence-corrected chi connectivity index (χ1v) is 8.31. The average molecular weight is 206 g/mol. The van der Waals surface area contributed by atoms with Crippen LogP contribution in [0.4, 0.5) is 0 Å². The van der Waals surface area contributed by atoms with E-state index in [4.69, 9.17) is 9.16 Å². The Kier molecular flexibility index (Phi) is 5.79. The fourth-order valence-corrected chi connectivity index (χ4v) is 1.88. The average Bonchev–Trinajstić information content (AvgIpc) is 2.00. The van der Waals surface area contributed by atoms with Gasteiger partial charge in [-0.2, -0.15) is 0 Å². The summed E-state index contributed by atoms with van der Waals surface area (Å²) in [6.45, 7) is 10.2. The molecular weight excluding hydrogens is 184 g/mol. The third-order valence-electron chi connectivity index (χ3n) is 1.48. The molecule has 0 spiro atoms. The normalized spacial score (nSPS) is 17.1. The van der Waals surface area contributed by atoms with Gasteiger partial charge < -0.3 is 14.3 Å². The maximum absolute atomic E-state index is 9.27. The van der Waals surface area contributed by atoms with Gasteiger partial charge in [-0.05, 0) is 32.5 Å². The number of rotatable bonds is 6. The Morgan fingerprint density at radius 1 is 1.15 bits per heavy atom. The highest BCUT2D eigenvalue weighted by Crippen LogP contribution is 2.12. The van der Waals surface area contributed by atoms with Gasteiger partial charge in [-0.15, -0.1) is 0 Å². The van der Waals surface area contributed by atoms with Gasteiger partial charge in [-0.1, -0.05) is 13.8 Å². The molecule has 1 N–H and O–H groups in total. The van der Waals surface area contributed by atoms with Gasteiger partial charge in [0.25, 0.3) is 0 Å². The van der Waals surface area contributed by atoms with Crippen LogP contribution in [0.2, 0.25) is 19.6 Å². The van der Waals surface area contributed by atoms with Crippen molar-refractivity contribution in [1.82, 2.24) is 0 Å². The quantitative estimate of drug-likeness (QED) is 0.535. The van der Waals surface area contributed by atoms with Crippen molar-refractivity contribution in [2.24, 2.45) is 0 Å². The second kappa shape index (κ2) is 5.75. The Balaban J connectivity index is 3.89. The summed E-state index contributed by atoms with van der Waals surface area (Å²) in [4.78, 5) is 0. The number of aliphatic hydroxyl groups excluding tert-OH is 1. The van der Waals surface area contributed by atoms with E-state index in [9.17, 15) is 5.11 Å². The van der Waals surface area contributed by atoms with Crippen molar-refractivity contribution >= 4 is 8.32 Å². The van der Waals surface area contributed by atoms with Crippen LogP contribution in [-0.2, 0) is 9.16 Å². The van der Waals surface area contributed by atoms with Gasteiger partial charge >= 0.3 is 0 Å². The molecule has 3 nitrogen and oxygen atoms in total. The second-order valence-electron chi connectivity index (χ2n) is 4.07. The van der Waals surface area contributed by atoms with E-state index in [2.05, 4.69) is 19.6 Å². The topological polar surface area (TPSA) is 38.7 Å². The lowest BCUT2D eigenvalue weighted by Gasteiger charge is -2.27. The third kappa shape index (κ3) is 7.19. The number of ether oxygens (including phenoxy) is 1. The summed E-state index contributed by atoms with van der Waals surface area (Å²) < 4.78 is 11.0. The van der Waals surface area contributed by atoms with Crippen LogP contribution in [-0.4, -0.2) is 26.0 Å². The van der Waals surface area contributed by atoms with Gasteiger partial charge in [0.1, 0.15) is 0 Å². The van der Waals surface area contributed by atoms with Crippen LogP contribution in [0.15, 0.2) is 0 Å². The molecule has 0 aliphatic carbocycles. The minimum atomic E-state index is -1.56. The molecule has 0 amide bonds. The SMILES string of the molecule is CCC(O)OC(CC)O[Si](C)(C)C. The molecule has 0 radical (unpaired) electrons. The van der Waals surface area contributed by atoms with Crippen molar-refractivity contribution in [3.8, 4) is 0 Å². The summed E-state index contributed by atoms with van der Waals surface area (Å²) in [6, 6.07) is 0. The molecule has 0 saturated carbocycles. The van der Waals surface area contributed by atoms with Crippen molar-refractivity contribution in [3.63, 3.8) is 0 Å². The van der Waals surface area contributed by atoms with Crippen LogP contribution >= 0.6 is 0 Å². The molecule has 2 unspecified atom stereocenters. The highest BCUT2D eigenvalue weighted by atomic mass is 28.4. The standard InChI is InChI=1S/C9H22O3Si/c1-6-8(10)11-9(7-2)12-13(3,4)5/h8-10H,6-7H2,1-5H3. The molecule has 0 heterocycles. The van der Waals surface area contributed by atoms with Crippen molar-refractivity contribution in [1.29, 1.82) is 0 Å². The molecule has 0 saturated heterocycles. The molecule has 0 aliphatic heterocycles. The Bertz CT molecular complexity index is 133. The lowest BCUT2D eigenvalue weighted by molar-refractivity contribution is -0.200. The molecule has 0 rings (SSSR count). The maximum atomic E-state index is 9.27. The number of hydrogen-bond donors (Lipinski definition) is 1. The van der Waals surface area contributed by atoms with E-state index in [0.29, 0.717) is 6.42 Å². The first kappa shape index (κ1) is 13.1. The van der Waals surface area contributed by atoms with E-state index >= 15 is 0 Å². The van der Waals surface area contributed by atoms with Gasteiger partial charge in [-0.25, -0.2) is 0 Å². The summed E-state index contributed by atoms with van der Waals surface area (Å²) in [5, 5.41) is 9.27. The fraction of sp³-hybridized carbons (Fsp3) is 1.00. The smallest absolute Gasteiger partial charge is 0.187 e. The van der Waals surface area contributed by atoms with Crippen LogP contribution in [0.1, 0.15) is 26.7 Å². The molecule has 0 aromatic heterocycles. The van der Waals surface area contributed by atoms with E-state index < -0.39 is 14.6 Å². The predicted octanol–water partition coefficient (Wildman–Crippen LogP) is 2.32. The Morgan fingerprint density at radius 2 is 1.69 bits per heavy atom. The van der Waals surface area contributed by atoms with E-state index in [0.717, 1.165) is 6.42 Å². The van der Waals surface area contributed by atoms with Gasteiger partial charge in [-0.3, -0.25) is 0 Å². The molecule has 13 heavy (non-hydrogen) atoms. The first-order valence-electron chi connectivity index (χ1n) is 4.90. The molecule has 2 atom stereocenters. The summed E-state index contributed by atoms with van der Waals surface area (Å²) in [5.41, 5.74) is 0. The van der Waals surface area contributed by atoms with E-state index in [-0.39, 0.29) is 6.29 Å². The zero-order valence-electron chi connectivity index (χ0n) is 9.33. The Hall–Kier alpha value is 0.0969. The second-order valence-corrected chi connectivity index (χ2v) is 8.53. The monoisotopic (exact) mass is 206 g/mol. The highest BCUT2D eigenvalue weighted by Gasteiger charge is 2.21. The van der Waals surface area contributed by atoms with E-state index in [1.165, 1.54) is 0 Å². The molecule has 0 aromatic rings. The molecule has 0 bridgehead atoms. The highest BCUT2D eigenvalue weighted by molar-refractivity contribution is 6.69. The third-order valence-corrected chi connectivity index (χ3v) is 2.45. The van der Waals surface area contributed by atoms with Crippen LogP contribution in [0.25, 0.3) is 0 Å². The summed E-state index contributed by atoms with van der Waals surface area (Å²) in [6.07, 6.45) is 0.440. The summed E-state index contributed by atoms with van der Waals surface area (Å²) in [5.74, 6) is 0. The summed E-state index contributed by atoms with van der Waals surface area (Å²) in [7, 11) is -1.56.